The van der Waals surface area contributed by atoms with Crippen molar-refractivity contribution in [2.75, 3.05) is 13.2 Å². The summed E-state index contributed by atoms with van der Waals surface area (Å²) in [7, 11) is 0. The normalized spacial score (nSPS) is 11.9. The van der Waals surface area contributed by atoms with E-state index in [1.165, 1.54) is 17.7 Å². The third kappa shape index (κ3) is 5.68. The minimum atomic E-state index is 0.123. The van der Waals surface area contributed by atoms with Gasteiger partial charge in [-0.3, -0.25) is 0 Å². The van der Waals surface area contributed by atoms with Crippen molar-refractivity contribution in [2.45, 2.75) is 39.7 Å². The van der Waals surface area contributed by atoms with Gasteiger partial charge in [-0.05, 0) is 23.8 Å². The molecule has 0 aromatic carbocycles. The summed E-state index contributed by atoms with van der Waals surface area (Å²) in [5, 5.41) is 10.7. The number of hydrogen-bond donors (Lipinski definition) is 1. The highest BCUT2D eigenvalue weighted by Gasteiger charge is 2.04. The van der Waals surface area contributed by atoms with Crippen molar-refractivity contribution in [3.63, 3.8) is 0 Å². The third-order valence-electron chi connectivity index (χ3n) is 2.62. The van der Waals surface area contributed by atoms with Crippen LogP contribution in [-0.2, 0) is 11.3 Å². The molecule has 1 atom stereocenters. The molecular weight excluding hydrogens is 244 g/mol. The highest BCUT2D eigenvalue weighted by molar-refractivity contribution is 7.10. The summed E-state index contributed by atoms with van der Waals surface area (Å²) in [5.41, 5.74) is 1.04. The molecule has 0 aliphatic rings. The van der Waals surface area contributed by atoms with E-state index >= 15 is 0 Å². The van der Waals surface area contributed by atoms with Gasteiger partial charge in [0.05, 0.1) is 13.2 Å². The summed E-state index contributed by atoms with van der Waals surface area (Å²) >= 11 is 1.68. The highest BCUT2D eigenvalue weighted by Crippen LogP contribution is 2.17. The van der Waals surface area contributed by atoms with Gasteiger partial charge in [-0.2, -0.15) is 0 Å². The SMILES string of the molecule is CCCC(C)COCc1sccc1C#CCCO. The topological polar surface area (TPSA) is 29.5 Å². The lowest BCUT2D eigenvalue weighted by molar-refractivity contribution is 0.0910. The van der Waals surface area contributed by atoms with Crippen LogP contribution in [0.4, 0.5) is 0 Å². The third-order valence-corrected chi connectivity index (χ3v) is 3.52. The first kappa shape index (κ1) is 15.2. The molecule has 18 heavy (non-hydrogen) atoms. The Bertz CT molecular complexity index is 387. The van der Waals surface area contributed by atoms with Crippen LogP contribution in [0.15, 0.2) is 11.4 Å². The predicted octanol–water partition coefficient (Wildman–Crippen LogP) is 3.43. The average molecular weight is 266 g/mol. The quantitative estimate of drug-likeness (QED) is 0.766. The molecule has 0 fully saturated rings. The molecule has 1 heterocycles. The first-order valence-corrected chi connectivity index (χ1v) is 7.39. The molecule has 1 aromatic heterocycles. The van der Waals surface area contributed by atoms with Gasteiger partial charge >= 0.3 is 0 Å². The lowest BCUT2D eigenvalue weighted by Gasteiger charge is -2.10. The summed E-state index contributed by atoms with van der Waals surface area (Å²) in [6.45, 7) is 6.01. The van der Waals surface area contributed by atoms with Crippen LogP contribution in [0, 0.1) is 17.8 Å². The second kappa shape index (κ2) is 9.16. The molecular formula is C15H22O2S. The van der Waals surface area contributed by atoms with Crippen LogP contribution in [0.25, 0.3) is 0 Å². The molecule has 0 saturated carbocycles. The lowest BCUT2D eigenvalue weighted by Crippen LogP contribution is -2.05. The van der Waals surface area contributed by atoms with E-state index in [-0.39, 0.29) is 6.61 Å². The predicted molar refractivity (Wildman–Crippen MR) is 76.6 cm³/mol. The molecule has 0 radical (unpaired) electrons. The molecule has 1 rings (SSSR count). The molecule has 100 valence electrons. The zero-order valence-electron chi connectivity index (χ0n) is 11.2. The van der Waals surface area contributed by atoms with Crippen molar-refractivity contribution in [3.8, 4) is 11.8 Å². The number of rotatable bonds is 7. The molecule has 3 heteroatoms. The summed E-state index contributed by atoms with van der Waals surface area (Å²) in [6, 6.07) is 2.02. The summed E-state index contributed by atoms with van der Waals surface area (Å²) in [6.07, 6.45) is 2.96. The maximum Gasteiger partial charge on any atom is 0.0822 e. The molecule has 2 nitrogen and oxygen atoms in total. The van der Waals surface area contributed by atoms with Crippen LogP contribution in [0.3, 0.4) is 0 Å². The maximum absolute atomic E-state index is 8.69. The summed E-state index contributed by atoms with van der Waals surface area (Å²) in [4.78, 5) is 1.18. The zero-order chi connectivity index (χ0) is 13.2. The van der Waals surface area contributed by atoms with Gasteiger partial charge in [0.1, 0.15) is 0 Å². The molecule has 0 bridgehead atoms. The molecule has 0 saturated heterocycles. The Morgan fingerprint density at radius 2 is 2.33 bits per heavy atom. The minimum Gasteiger partial charge on any atom is -0.395 e. The van der Waals surface area contributed by atoms with E-state index in [2.05, 4.69) is 25.7 Å². The van der Waals surface area contributed by atoms with Crippen LogP contribution >= 0.6 is 11.3 Å². The van der Waals surface area contributed by atoms with Gasteiger partial charge in [-0.1, -0.05) is 32.1 Å². The second-order valence-corrected chi connectivity index (χ2v) is 5.44. The molecule has 1 N–H and O–H groups in total. The van der Waals surface area contributed by atoms with Gasteiger partial charge in [-0.15, -0.1) is 11.3 Å². The van der Waals surface area contributed by atoms with E-state index in [1.807, 2.05) is 11.4 Å². The van der Waals surface area contributed by atoms with Crippen LogP contribution in [0.1, 0.15) is 43.6 Å². The van der Waals surface area contributed by atoms with Gasteiger partial charge in [0.15, 0.2) is 0 Å². The first-order valence-electron chi connectivity index (χ1n) is 6.51. The Hall–Kier alpha value is -0.820. The van der Waals surface area contributed by atoms with Crippen molar-refractivity contribution in [3.05, 3.63) is 21.9 Å². The van der Waals surface area contributed by atoms with E-state index in [0.29, 0.717) is 18.9 Å². The average Bonchev–Trinajstić information content (AvgIpc) is 2.78. The van der Waals surface area contributed by atoms with E-state index in [9.17, 15) is 0 Å². The van der Waals surface area contributed by atoms with Crippen molar-refractivity contribution >= 4 is 11.3 Å². The smallest absolute Gasteiger partial charge is 0.0822 e. The molecule has 0 spiro atoms. The van der Waals surface area contributed by atoms with Crippen LogP contribution in [0.5, 0.6) is 0 Å². The Morgan fingerprint density at radius 1 is 1.50 bits per heavy atom. The zero-order valence-corrected chi connectivity index (χ0v) is 12.1. The fourth-order valence-electron chi connectivity index (χ4n) is 1.71. The van der Waals surface area contributed by atoms with Crippen molar-refractivity contribution < 1.29 is 9.84 Å². The number of aliphatic hydroxyl groups is 1. The van der Waals surface area contributed by atoms with E-state index in [1.54, 1.807) is 11.3 Å². The van der Waals surface area contributed by atoms with E-state index in [4.69, 9.17) is 9.84 Å². The van der Waals surface area contributed by atoms with Crippen molar-refractivity contribution in [1.29, 1.82) is 0 Å². The van der Waals surface area contributed by atoms with Crippen molar-refractivity contribution in [1.82, 2.24) is 0 Å². The second-order valence-electron chi connectivity index (χ2n) is 4.44. The monoisotopic (exact) mass is 266 g/mol. The van der Waals surface area contributed by atoms with Crippen LogP contribution in [-0.4, -0.2) is 18.3 Å². The number of ether oxygens (including phenoxy) is 1. The van der Waals surface area contributed by atoms with Gasteiger partial charge < -0.3 is 9.84 Å². The maximum atomic E-state index is 8.69. The Morgan fingerprint density at radius 3 is 3.06 bits per heavy atom. The van der Waals surface area contributed by atoms with Crippen LogP contribution in [0.2, 0.25) is 0 Å². The molecule has 1 unspecified atom stereocenters. The Labute approximate surface area is 114 Å². The largest absolute Gasteiger partial charge is 0.395 e. The summed E-state index contributed by atoms with van der Waals surface area (Å²) < 4.78 is 5.73. The van der Waals surface area contributed by atoms with E-state index < -0.39 is 0 Å². The van der Waals surface area contributed by atoms with Gasteiger partial charge in [-0.25, -0.2) is 0 Å². The van der Waals surface area contributed by atoms with E-state index in [0.717, 1.165) is 12.2 Å². The molecule has 1 aromatic rings. The fourth-order valence-corrected chi connectivity index (χ4v) is 2.47. The minimum absolute atomic E-state index is 0.123. The van der Waals surface area contributed by atoms with Gasteiger partial charge in [0.2, 0.25) is 0 Å². The highest BCUT2D eigenvalue weighted by atomic mass is 32.1. The number of hydrogen-bond acceptors (Lipinski definition) is 3. The molecule has 0 amide bonds. The molecule has 0 aliphatic carbocycles. The number of aliphatic hydroxyl groups excluding tert-OH is 1. The van der Waals surface area contributed by atoms with Gasteiger partial charge in [0.25, 0.3) is 0 Å². The van der Waals surface area contributed by atoms with Gasteiger partial charge in [0, 0.05) is 23.5 Å². The van der Waals surface area contributed by atoms with Crippen LogP contribution < -0.4 is 0 Å². The number of thiophene rings is 1. The standard InChI is InChI=1S/C15H22O2S/c1-3-6-13(2)11-17-12-15-14(8-10-18-15)7-4-5-9-16/h8,10,13,16H,3,5-6,9,11-12H2,1-2H3. The first-order chi connectivity index (χ1) is 8.77. The fraction of sp³-hybridized carbons (Fsp3) is 0.600. The Balaban J connectivity index is 2.39. The molecule has 0 aliphatic heterocycles. The summed E-state index contributed by atoms with van der Waals surface area (Å²) in [5.74, 6) is 6.65. The van der Waals surface area contributed by atoms with Crippen molar-refractivity contribution in [2.24, 2.45) is 5.92 Å². The Kier molecular flexibility index (Phi) is 7.75. The lowest BCUT2D eigenvalue weighted by atomic mass is 10.1.